The van der Waals surface area contributed by atoms with Gasteiger partial charge in [-0.05, 0) is 67.6 Å². The van der Waals surface area contributed by atoms with Gasteiger partial charge < -0.3 is 19.9 Å². The third-order valence-corrected chi connectivity index (χ3v) is 9.27. The van der Waals surface area contributed by atoms with Gasteiger partial charge in [-0.15, -0.1) is 0 Å². The fraction of sp³-hybridized carbons (Fsp3) is 0.621. The Morgan fingerprint density at radius 1 is 1.27 bits per heavy atom. The minimum absolute atomic E-state index is 0.000661. The van der Waals surface area contributed by atoms with E-state index in [0.717, 1.165) is 36.7 Å². The first kappa shape index (κ1) is 30.0. The first-order valence-electron chi connectivity index (χ1n) is 13.8. The van der Waals surface area contributed by atoms with Gasteiger partial charge >= 0.3 is 5.97 Å². The first-order valence-corrected chi connectivity index (χ1v) is 15.6. The Balaban J connectivity index is 1.73. The number of fused-ring (bicyclic) bond motifs is 1. The number of carboxylic acid groups (broad SMARTS) is 1. The number of nitrogens with zero attached hydrogens (tertiary/aromatic N) is 2. The van der Waals surface area contributed by atoms with Crippen molar-refractivity contribution in [1.82, 2.24) is 10.3 Å². The molecule has 3 aliphatic rings. The average molecular weight is 576 g/mol. The molecule has 40 heavy (non-hydrogen) atoms. The van der Waals surface area contributed by atoms with Gasteiger partial charge in [0, 0.05) is 26.3 Å². The van der Waals surface area contributed by atoms with Crippen LogP contribution in [-0.2, 0) is 24.3 Å². The van der Waals surface area contributed by atoms with Crippen molar-refractivity contribution in [2.45, 2.75) is 82.8 Å². The number of methoxy groups -OCH3 is 1. The number of nitrogens with one attached hydrogen (secondary N) is 1. The molecule has 1 amide bonds. The number of aromatic nitrogens is 1. The van der Waals surface area contributed by atoms with Gasteiger partial charge in [0.1, 0.15) is 17.3 Å². The molecule has 1 aromatic heterocycles. The maximum absolute atomic E-state index is 13.3. The number of anilines is 1. The molecule has 2 N–H and O–H groups in total. The highest BCUT2D eigenvalue weighted by atomic mass is 32.2. The van der Waals surface area contributed by atoms with Crippen LogP contribution in [0.15, 0.2) is 29.9 Å². The molecule has 1 fully saturated rings. The predicted molar refractivity (Wildman–Crippen MR) is 152 cm³/mol. The van der Waals surface area contributed by atoms with Crippen molar-refractivity contribution in [1.29, 1.82) is 0 Å². The van der Waals surface area contributed by atoms with E-state index in [1.54, 1.807) is 7.05 Å². The maximum Gasteiger partial charge on any atom is 0.305 e. The lowest BCUT2D eigenvalue weighted by Crippen LogP contribution is -2.44. The lowest BCUT2D eigenvalue weighted by atomic mass is 9.74. The van der Waals surface area contributed by atoms with Crippen LogP contribution in [0.25, 0.3) is 0 Å². The quantitative estimate of drug-likeness (QED) is 0.383. The number of pyridine rings is 1. The van der Waals surface area contributed by atoms with Crippen molar-refractivity contribution < 1.29 is 32.6 Å². The molecule has 10 nitrogen and oxygen atoms in total. The largest absolute Gasteiger partial charge is 0.481 e. The van der Waals surface area contributed by atoms with Crippen LogP contribution in [0.2, 0.25) is 0 Å². The number of allylic oxidation sites excluding steroid dienone is 2. The van der Waals surface area contributed by atoms with Gasteiger partial charge in [0.05, 0.1) is 18.8 Å². The van der Waals surface area contributed by atoms with E-state index < -0.39 is 33.6 Å². The summed E-state index contributed by atoms with van der Waals surface area (Å²) in [5, 5.41) is 11.9. The van der Waals surface area contributed by atoms with Gasteiger partial charge in [-0.25, -0.2) is 8.42 Å². The molecule has 0 radical (unpaired) electrons. The van der Waals surface area contributed by atoms with E-state index in [1.807, 2.05) is 19.1 Å². The van der Waals surface area contributed by atoms with E-state index >= 15 is 0 Å². The molecule has 220 valence electrons. The molecule has 2 aliphatic carbocycles. The van der Waals surface area contributed by atoms with Gasteiger partial charge in [0.2, 0.25) is 21.8 Å². The molecule has 0 aromatic carbocycles. The Bertz CT molecular complexity index is 1330. The molecule has 0 bridgehead atoms. The molecule has 2 heterocycles. The van der Waals surface area contributed by atoms with E-state index in [2.05, 4.69) is 31.3 Å². The number of aliphatic carboxylic acids is 1. The molecule has 0 spiro atoms. The van der Waals surface area contributed by atoms with Crippen molar-refractivity contribution in [2.24, 2.45) is 5.41 Å². The van der Waals surface area contributed by atoms with Crippen LogP contribution < -0.4 is 14.4 Å². The highest BCUT2D eigenvalue weighted by Crippen LogP contribution is 2.53. The second-order valence-corrected chi connectivity index (χ2v) is 13.9. The zero-order valence-corrected chi connectivity index (χ0v) is 25.0. The Morgan fingerprint density at radius 2 is 1.98 bits per heavy atom. The van der Waals surface area contributed by atoms with E-state index in [-0.39, 0.29) is 36.1 Å². The van der Waals surface area contributed by atoms with Gasteiger partial charge in [-0.2, -0.15) is 4.98 Å². The molecule has 1 saturated carbocycles. The minimum atomic E-state index is -3.73. The first-order chi connectivity index (χ1) is 18.7. The third-order valence-electron chi connectivity index (χ3n) is 8.11. The lowest BCUT2D eigenvalue weighted by Gasteiger charge is -2.34. The smallest absolute Gasteiger partial charge is 0.305 e. The van der Waals surface area contributed by atoms with Crippen LogP contribution in [0.1, 0.15) is 82.3 Å². The zero-order chi connectivity index (χ0) is 29.5. The van der Waals surface area contributed by atoms with E-state index in [4.69, 9.17) is 19.6 Å². The summed E-state index contributed by atoms with van der Waals surface area (Å²) in [7, 11) is -0.684. The number of rotatable bonds is 12. The molecule has 0 saturated heterocycles. The van der Waals surface area contributed by atoms with Crippen LogP contribution in [0.3, 0.4) is 0 Å². The molecule has 4 rings (SSSR count). The average Bonchev–Trinajstić information content (AvgIpc) is 3.66. The molecule has 11 heteroatoms. The molecule has 1 aliphatic heterocycles. The second kappa shape index (κ2) is 11.2. The van der Waals surface area contributed by atoms with Crippen molar-refractivity contribution in [3.8, 4) is 5.88 Å². The number of hydrogen-bond donors (Lipinski definition) is 2. The molecular weight excluding hydrogens is 534 g/mol. The van der Waals surface area contributed by atoms with Crippen molar-refractivity contribution in [2.75, 3.05) is 31.3 Å². The van der Waals surface area contributed by atoms with Crippen LogP contribution in [0, 0.1) is 5.41 Å². The van der Waals surface area contributed by atoms with Crippen molar-refractivity contribution >= 4 is 27.7 Å². The standard InChI is InChI=1S/C29H41N3O7S/c1-28(2)13-11-19(12-14-28)29(3)24(26(35)30-4)22-17-21(18-9-10-18)25(31-27(22)39-29)32(40(6,36)37)15-7-8-20(38-5)16-23(33)34/h11-13,17-18,20,24H,7-10,14-16H2,1-6H3,(H,30,35)(H,33,34). The number of hydrogen-bond acceptors (Lipinski definition) is 7. The number of likely N-dealkylation sites (N-methyl/N-ethyl adjacent to an activating group) is 1. The fourth-order valence-electron chi connectivity index (χ4n) is 5.60. The molecule has 3 unspecified atom stereocenters. The third kappa shape index (κ3) is 6.20. The zero-order valence-electron chi connectivity index (χ0n) is 24.2. The Labute approximate surface area is 236 Å². The summed E-state index contributed by atoms with van der Waals surface area (Å²) in [6.07, 6.45) is 10.1. The summed E-state index contributed by atoms with van der Waals surface area (Å²) < 4.78 is 39.1. The molecular formula is C29H41N3O7S. The van der Waals surface area contributed by atoms with Gasteiger partial charge in [-0.3, -0.25) is 13.9 Å². The number of sulfonamides is 1. The summed E-state index contributed by atoms with van der Waals surface area (Å²) in [6, 6.07) is 1.91. The van der Waals surface area contributed by atoms with Crippen molar-refractivity contribution in [3.05, 3.63) is 41.0 Å². The Hall–Kier alpha value is -2.92. The van der Waals surface area contributed by atoms with Gasteiger partial charge in [0.15, 0.2) is 0 Å². The lowest BCUT2D eigenvalue weighted by molar-refractivity contribution is -0.139. The topological polar surface area (TPSA) is 135 Å². The highest BCUT2D eigenvalue weighted by Gasteiger charge is 2.53. The van der Waals surface area contributed by atoms with Crippen LogP contribution >= 0.6 is 0 Å². The Morgan fingerprint density at radius 3 is 2.50 bits per heavy atom. The van der Waals surface area contributed by atoms with E-state index in [1.165, 1.54) is 11.4 Å². The Kier molecular flexibility index (Phi) is 8.38. The number of carbonyl (C=O) groups is 2. The highest BCUT2D eigenvalue weighted by molar-refractivity contribution is 7.92. The fourth-order valence-corrected chi connectivity index (χ4v) is 6.52. The summed E-state index contributed by atoms with van der Waals surface area (Å²) in [5.41, 5.74) is 1.31. The summed E-state index contributed by atoms with van der Waals surface area (Å²) >= 11 is 0. The maximum atomic E-state index is 13.3. The second-order valence-electron chi connectivity index (χ2n) is 11.9. The minimum Gasteiger partial charge on any atom is -0.481 e. The summed E-state index contributed by atoms with van der Waals surface area (Å²) in [5.74, 6) is -1.12. The van der Waals surface area contributed by atoms with Gasteiger partial charge in [0.25, 0.3) is 0 Å². The number of amides is 1. The predicted octanol–water partition coefficient (Wildman–Crippen LogP) is 3.89. The van der Waals surface area contributed by atoms with Crippen LogP contribution in [-0.4, -0.2) is 69.0 Å². The SMILES string of the molecule is CNC(=O)C1c2cc(C3CC3)c(N(CCCC(CC(=O)O)OC)S(C)(=O)=O)nc2OC1(C)C1=CCC(C)(C)C=C1. The van der Waals surface area contributed by atoms with Crippen LogP contribution in [0.5, 0.6) is 5.88 Å². The number of ether oxygens (including phenoxy) is 2. The molecule has 3 atom stereocenters. The van der Waals surface area contributed by atoms with Crippen molar-refractivity contribution in [3.63, 3.8) is 0 Å². The van der Waals surface area contributed by atoms with Gasteiger partial charge in [-0.1, -0.05) is 32.1 Å². The van der Waals surface area contributed by atoms with E-state index in [9.17, 15) is 18.0 Å². The monoisotopic (exact) mass is 575 g/mol. The van der Waals surface area contributed by atoms with E-state index in [0.29, 0.717) is 24.2 Å². The summed E-state index contributed by atoms with van der Waals surface area (Å²) in [6.45, 7) is 6.29. The van der Waals surface area contributed by atoms with Crippen LogP contribution in [0.4, 0.5) is 5.82 Å². The number of carbonyl (C=O) groups excluding carboxylic acids is 1. The number of carboxylic acids is 1. The summed E-state index contributed by atoms with van der Waals surface area (Å²) in [4.78, 5) is 29.2. The normalized spacial score (nSPS) is 24.1. The molecule has 1 aromatic rings.